The maximum atomic E-state index is 13.0. The van der Waals surface area contributed by atoms with Crippen LogP contribution in [0.2, 0.25) is 5.02 Å². The van der Waals surface area contributed by atoms with Crippen molar-refractivity contribution in [2.45, 2.75) is 6.42 Å². The molecule has 0 spiro atoms. The molecule has 0 N–H and O–H groups in total. The number of aliphatic imine (C=N–C) groups is 1. The van der Waals surface area contributed by atoms with Crippen molar-refractivity contribution in [2.24, 2.45) is 4.99 Å². The maximum absolute atomic E-state index is 13.0. The van der Waals surface area contributed by atoms with E-state index in [9.17, 15) is 4.79 Å². The third-order valence-electron chi connectivity index (χ3n) is 4.31. The van der Waals surface area contributed by atoms with Crippen LogP contribution in [0.5, 0.6) is 0 Å². The van der Waals surface area contributed by atoms with Crippen LogP contribution in [0, 0.1) is 0 Å². The van der Waals surface area contributed by atoms with Gasteiger partial charge in [-0.3, -0.25) is 9.69 Å². The Morgan fingerprint density at radius 3 is 2.48 bits per heavy atom. The Morgan fingerprint density at radius 1 is 1.00 bits per heavy atom. The van der Waals surface area contributed by atoms with E-state index in [1.54, 1.807) is 16.2 Å². The van der Waals surface area contributed by atoms with Crippen molar-refractivity contribution in [1.82, 2.24) is 4.90 Å². The molecule has 2 aromatic carbocycles. The van der Waals surface area contributed by atoms with Crippen molar-refractivity contribution < 1.29 is 4.79 Å². The van der Waals surface area contributed by atoms with Gasteiger partial charge >= 0.3 is 0 Å². The molecule has 3 aromatic rings. The molecule has 0 aliphatic carbocycles. The van der Waals surface area contributed by atoms with Gasteiger partial charge in [-0.15, -0.1) is 11.3 Å². The highest BCUT2D eigenvalue weighted by molar-refractivity contribution is 7.09. The van der Waals surface area contributed by atoms with Gasteiger partial charge in [0.2, 0.25) is 0 Å². The molecule has 0 saturated heterocycles. The van der Waals surface area contributed by atoms with Gasteiger partial charge in [0.15, 0.2) is 0 Å². The van der Waals surface area contributed by atoms with Gasteiger partial charge < -0.3 is 0 Å². The first-order valence-corrected chi connectivity index (χ1v) is 9.92. The van der Waals surface area contributed by atoms with Crippen LogP contribution in [0.1, 0.15) is 16.0 Å². The zero-order valence-electron chi connectivity index (χ0n) is 14.5. The second-order valence-corrected chi connectivity index (χ2v) is 7.64. The Balaban J connectivity index is 1.66. The fraction of sp³-hybridized carbons (Fsp3) is 0.0909. The summed E-state index contributed by atoms with van der Waals surface area (Å²) in [6.07, 6.45) is 2.62. The number of hydrogen-bond acceptors (Lipinski definition) is 3. The number of thiophene rings is 1. The Labute approximate surface area is 167 Å². The molecule has 0 unspecified atom stereocenters. The first-order chi connectivity index (χ1) is 13.2. The maximum Gasteiger partial charge on any atom is 0.278 e. The van der Waals surface area contributed by atoms with Crippen molar-refractivity contribution in [3.8, 4) is 0 Å². The van der Waals surface area contributed by atoms with Gasteiger partial charge in [-0.1, -0.05) is 60.1 Å². The fourth-order valence-corrected chi connectivity index (χ4v) is 3.78. The molecular formula is C22H17ClN2OS. The van der Waals surface area contributed by atoms with Crippen molar-refractivity contribution in [3.63, 3.8) is 0 Å². The van der Waals surface area contributed by atoms with Crippen LogP contribution in [0.3, 0.4) is 0 Å². The van der Waals surface area contributed by atoms with Gasteiger partial charge in [0, 0.05) is 22.0 Å². The smallest absolute Gasteiger partial charge is 0.278 e. The molecule has 0 radical (unpaired) electrons. The minimum absolute atomic E-state index is 0.0691. The summed E-state index contributed by atoms with van der Waals surface area (Å²) in [6, 6.07) is 21.4. The van der Waals surface area contributed by atoms with Crippen LogP contribution in [0.4, 0.5) is 0 Å². The molecule has 1 amide bonds. The van der Waals surface area contributed by atoms with E-state index in [0.29, 0.717) is 23.1 Å². The lowest BCUT2D eigenvalue weighted by atomic mass is 10.2. The molecule has 4 rings (SSSR count). The zero-order chi connectivity index (χ0) is 18.6. The highest BCUT2D eigenvalue weighted by atomic mass is 35.5. The number of carbonyl (C=O) groups is 1. The lowest BCUT2D eigenvalue weighted by molar-refractivity contribution is -0.122. The summed E-state index contributed by atoms with van der Waals surface area (Å²) in [6.45, 7) is 0.602. The minimum atomic E-state index is -0.0691. The first-order valence-electron chi connectivity index (χ1n) is 8.66. The van der Waals surface area contributed by atoms with Gasteiger partial charge in [0.05, 0.1) is 0 Å². The second-order valence-electron chi connectivity index (χ2n) is 6.17. The van der Waals surface area contributed by atoms with E-state index < -0.39 is 0 Å². The van der Waals surface area contributed by atoms with Gasteiger partial charge in [-0.2, -0.15) is 0 Å². The highest BCUT2D eigenvalue weighted by Gasteiger charge is 2.30. The Bertz CT molecular complexity index is 993. The molecule has 1 aliphatic heterocycles. The van der Waals surface area contributed by atoms with E-state index >= 15 is 0 Å². The van der Waals surface area contributed by atoms with E-state index in [1.165, 1.54) is 4.88 Å². The number of carbonyl (C=O) groups excluding carboxylic acids is 1. The molecule has 134 valence electrons. The monoisotopic (exact) mass is 392 g/mol. The predicted molar refractivity (Wildman–Crippen MR) is 112 cm³/mol. The van der Waals surface area contributed by atoms with Crippen LogP contribution in [0.25, 0.3) is 6.08 Å². The molecule has 5 heteroatoms. The third-order valence-corrected chi connectivity index (χ3v) is 5.50. The van der Waals surface area contributed by atoms with E-state index in [-0.39, 0.29) is 5.91 Å². The summed E-state index contributed by atoms with van der Waals surface area (Å²) >= 11 is 7.66. The zero-order valence-corrected chi connectivity index (χ0v) is 16.1. The van der Waals surface area contributed by atoms with Gasteiger partial charge in [0.1, 0.15) is 11.5 Å². The molecule has 0 atom stereocenters. The molecule has 27 heavy (non-hydrogen) atoms. The lowest BCUT2D eigenvalue weighted by Crippen LogP contribution is -2.34. The van der Waals surface area contributed by atoms with Crippen LogP contribution in [-0.4, -0.2) is 23.2 Å². The Morgan fingerprint density at radius 2 is 1.78 bits per heavy atom. The summed E-state index contributed by atoms with van der Waals surface area (Å²) < 4.78 is 0. The minimum Gasteiger partial charge on any atom is -0.290 e. The first kappa shape index (κ1) is 17.7. The molecule has 1 aliphatic rings. The Kier molecular flexibility index (Phi) is 5.19. The number of amides is 1. The van der Waals surface area contributed by atoms with E-state index in [4.69, 9.17) is 11.6 Å². The topological polar surface area (TPSA) is 32.7 Å². The molecule has 0 bridgehead atoms. The summed E-state index contributed by atoms with van der Waals surface area (Å²) in [7, 11) is 0. The van der Waals surface area contributed by atoms with Crippen molar-refractivity contribution in [3.05, 3.63) is 98.8 Å². The number of halogens is 1. The molecular weight excluding hydrogens is 376 g/mol. The number of rotatable bonds is 5. The molecule has 0 fully saturated rings. The number of benzene rings is 2. The number of hydrogen-bond donors (Lipinski definition) is 0. The van der Waals surface area contributed by atoms with Crippen molar-refractivity contribution in [2.75, 3.05) is 6.54 Å². The molecule has 1 aromatic heterocycles. The predicted octanol–water partition coefficient (Wildman–Crippen LogP) is 5.27. The van der Waals surface area contributed by atoms with Crippen LogP contribution < -0.4 is 0 Å². The summed E-state index contributed by atoms with van der Waals surface area (Å²) in [5.74, 6) is 0.637. The highest BCUT2D eigenvalue weighted by Crippen LogP contribution is 2.23. The average molecular weight is 393 g/mol. The van der Waals surface area contributed by atoms with Crippen molar-refractivity contribution in [1.29, 1.82) is 0 Å². The van der Waals surface area contributed by atoms with E-state index in [1.807, 2.05) is 66.7 Å². The number of amidine groups is 1. The van der Waals surface area contributed by atoms with Gasteiger partial charge in [-0.05, 0) is 41.6 Å². The van der Waals surface area contributed by atoms with Crippen molar-refractivity contribution >= 4 is 40.8 Å². The SMILES string of the molecule is O=C1/C(=C/c2ccc(Cl)cc2)N=C(c2ccccc2)N1CCc1cccs1. The summed E-state index contributed by atoms with van der Waals surface area (Å²) in [4.78, 5) is 20.7. The normalized spacial score (nSPS) is 15.4. The lowest BCUT2D eigenvalue weighted by Gasteiger charge is -2.18. The van der Waals surface area contributed by atoms with Crippen LogP contribution >= 0.6 is 22.9 Å². The van der Waals surface area contributed by atoms with Gasteiger partial charge in [-0.25, -0.2) is 4.99 Å². The number of nitrogens with zero attached hydrogens (tertiary/aromatic N) is 2. The van der Waals surface area contributed by atoms with E-state index in [0.717, 1.165) is 17.5 Å². The molecule has 3 nitrogen and oxygen atoms in total. The molecule has 0 saturated carbocycles. The van der Waals surface area contributed by atoms with Gasteiger partial charge in [0.25, 0.3) is 5.91 Å². The standard InChI is InChI=1S/C22H17ClN2OS/c23-18-10-8-16(9-11-18)15-20-22(26)25(13-12-19-7-4-14-27-19)21(24-20)17-5-2-1-3-6-17/h1-11,14-15H,12-13H2/b20-15-. The fourth-order valence-electron chi connectivity index (χ4n) is 2.96. The van der Waals surface area contributed by atoms with Crippen LogP contribution in [-0.2, 0) is 11.2 Å². The Hall–Kier alpha value is -2.69. The van der Waals surface area contributed by atoms with E-state index in [2.05, 4.69) is 16.4 Å². The quantitative estimate of drug-likeness (QED) is 0.544. The summed E-state index contributed by atoms with van der Waals surface area (Å²) in [5.41, 5.74) is 2.29. The molecule has 2 heterocycles. The van der Waals surface area contributed by atoms with Crippen LogP contribution in [0.15, 0.2) is 82.8 Å². The average Bonchev–Trinajstić information content (AvgIpc) is 3.31. The summed E-state index contributed by atoms with van der Waals surface area (Å²) in [5, 5.41) is 2.72. The third kappa shape index (κ3) is 4.02. The second kappa shape index (κ2) is 7.91. The largest absolute Gasteiger partial charge is 0.290 e.